The molecule has 5 nitrogen and oxygen atoms in total. The molecule has 1 aliphatic heterocycles. The minimum atomic E-state index is 0.486. The summed E-state index contributed by atoms with van der Waals surface area (Å²) in [6, 6.07) is 10.3. The third kappa shape index (κ3) is 3.52. The number of piperidine rings is 1. The van der Waals surface area contributed by atoms with Crippen LogP contribution in [0.1, 0.15) is 19.3 Å². The third-order valence-electron chi connectivity index (χ3n) is 4.52. The molecule has 1 atom stereocenters. The molecule has 1 fully saturated rings. The van der Waals surface area contributed by atoms with Crippen molar-refractivity contribution in [3.8, 4) is 11.3 Å². The van der Waals surface area contributed by atoms with Crippen molar-refractivity contribution >= 4 is 39.0 Å². The smallest absolute Gasteiger partial charge is 0.172 e. The molecule has 2 N–H and O–H groups in total. The Bertz CT molecular complexity index is 888. The number of aromatic nitrogens is 3. The van der Waals surface area contributed by atoms with Crippen LogP contribution >= 0.6 is 27.5 Å². The minimum Gasteiger partial charge on any atom is -0.368 e. The predicted molar refractivity (Wildman–Crippen MR) is 105 cm³/mol. The number of rotatable bonds is 4. The van der Waals surface area contributed by atoms with E-state index in [1.165, 1.54) is 19.3 Å². The van der Waals surface area contributed by atoms with E-state index in [-0.39, 0.29) is 0 Å². The number of nitrogens with one attached hydrogen (secondary N) is 2. The van der Waals surface area contributed by atoms with Crippen molar-refractivity contribution in [2.24, 2.45) is 0 Å². The van der Waals surface area contributed by atoms with Crippen LogP contribution in [0.5, 0.6) is 0 Å². The van der Waals surface area contributed by atoms with Gasteiger partial charge in [-0.25, -0.2) is 4.98 Å². The number of halogens is 2. The van der Waals surface area contributed by atoms with Gasteiger partial charge in [0, 0.05) is 29.2 Å². The highest BCUT2D eigenvalue weighted by Gasteiger charge is 2.16. The van der Waals surface area contributed by atoms with Gasteiger partial charge in [-0.3, -0.25) is 0 Å². The van der Waals surface area contributed by atoms with Gasteiger partial charge in [0.05, 0.1) is 16.4 Å². The Labute approximate surface area is 159 Å². The highest BCUT2D eigenvalue weighted by Crippen LogP contribution is 2.30. The standard InChI is InChI=1S/C18H19BrClN5/c19-14-11-23-25-17(22-10-12-5-3-4-8-21-12)9-16(24-18(14)25)13-6-1-2-7-15(13)20/h1-2,6-7,9,11-12,21-22H,3-5,8,10H2. The van der Waals surface area contributed by atoms with Crippen molar-refractivity contribution in [2.45, 2.75) is 25.3 Å². The zero-order valence-corrected chi connectivity index (χ0v) is 16.0. The minimum absolute atomic E-state index is 0.486. The first-order valence-corrected chi connectivity index (χ1v) is 9.66. The first-order valence-electron chi connectivity index (χ1n) is 8.49. The molecule has 1 aromatic carbocycles. The average molecular weight is 421 g/mol. The van der Waals surface area contributed by atoms with Crippen LogP contribution in [0, 0.1) is 0 Å². The molecule has 130 valence electrons. The average Bonchev–Trinajstić information content (AvgIpc) is 3.02. The van der Waals surface area contributed by atoms with Crippen LogP contribution in [-0.2, 0) is 0 Å². The molecule has 1 aliphatic rings. The molecule has 0 saturated carbocycles. The van der Waals surface area contributed by atoms with Crippen molar-refractivity contribution in [2.75, 3.05) is 18.4 Å². The van der Waals surface area contributed by atoms with Crippen LogP contribution in [0.2, 0.25) is 5.02 Å². The number of fused-ring (bicyclic) bond motifs is 1. The van der Waals surface area contributed by atoms with E-state index >= 15 is 0 Å². The predicted octanol–water partition coefficient (Wildman–Crippen LogP) is 4.37. The number of nitrogens with zero attached hydrogens (tertiary/aromatic N) is 3. The number of benzene rings is 1. The van der Waals surface area contributed by atoms with Gasteiger partial charge < -0.3 is 10.6 Å². The lowest BCUT2D eigenvalue weighted by Gasteiger charge is -2.24. The quantitative estimate of drug-likeness (QED) is 0.658. The Morgan fingerprint density at radius 2 is 2.20 bits per heavy atom. The molecular formula is C18H19BrClN5. The van der Waals surface area contributed by atoms with Gasteiger partial charge in [0.15, 0.2) is 5.65 Å². The molecule has 0 aliphatic carbocycles. The lowest BCUT2D eigenvalue weighted by Crippen LogP contribution is -2.39. The Morgan fingerprint density at radius 3 is 3.00 bits per heavy atom. The van der Waals surface area contributed by atoms with Crippen LogP contribution in [-0.4, -0.2) is 33.7 Å². The van der Waals surface area contributed by atoms with Crippen LogP contribution < -0.4 is 10.6 Å². The van der Waals surface area contributed by atoms with Crippen LogP contribution in [0.15, 0.2) is 41.0 Å². The third-order valence-corrected chi connectivity index (χ3v) is 5.41. The van der Waals surface area contributed by atoms with E-state index < -0.39 is 0 Å². The monoisotopic (exact) mass is 419 g/mol. The molecule has 25 heavy (non-hydrogen) atoms. The second kappa shape index (κ2) is 7.32. The summed E-state index contributed by atoms with van der Waals surface area (Å²) in [5.74, 6) is 0.915. The van der Waals surface area contributed by atoms with Crippen LogP contribution in [0.4, 0.5) is 5.82 Å². The fraction of sp³-hybridized carbons (Fsp3) is 0.333. The highest BCUT2D eigenvalue weighted by molar-refractivity contribution is 9.10. The van der Waals surface area contributed by atoms with Gasteiger partial charge in [-0.1, -0.05) is 36.2 Å². The molecule has 4 rings (SSSR count). The van der Waals surface area contributed by atoms with Crippen molar-refractivity contribution in [3.63, 3.8) is 0 Å². The molecule has 0 amide bonds. The van der Waals surface area contributed by atoms with E-state index in [0.717, 1.165) is 40.3 Å². The summed E-state index contributed by atoms with van der Waals surface area (Å²) < 4.78 is 2.69. The molecule has 0 spiro atoms. The molecule has 0 radical (unpaired) electrons. The van der Waals surface area contributed by atoms with Gasteiger partial charge in [0.1, 0.15) is 5.82 Å². The molecule has 3 aromatic rings. The van der Waals surface area contributed by atoms with E-state index in [2.05, 4.69) is 31.7 Å². The van der Waals surface area contributed by atoms with E-state index in [1.54, 1.807) is 6.20 Å². The van der Waals surface area contributed by atoms with E-state index in [9.17, 15) is 0 Å². The summed E-state index contributed by atoms with van der Waals surface area (Å²) in [5.41, 5.74) is 2.52. The molecule has 3 heterocycles. The second-order valence-electron chi connectivity index (χ2n) is 6.26. The summed E-state index contributed by atoms with van der Waals surface area (Å²) in [6.45, 7) is 1.95. The van der Waals surface area contributed by atoms with Gasteiger partial charge in [0.25, 0.3) is 0 Å². The normalized spacial score (nSPS) is 17.8. The van der Waals surface area contributed by atoms with Crippen molar-refractivity contribution in [1.82, 2.24) is 19.9 Å². The zero-order valence-electron chi connectivity index (χ0n) is 13.7. The maximum Gasteiger partial charge on any atom is 0.172 e. The largest absolute Gasteiger partial charge is 0.368 e. The number of hydrogen-bond acceptors (Lipinski definition) is 4. The lowest BCUT2D eigenvalue weighted by molar-refractivity contribution is 0.414. The Balaban J connectivity index is 1.70. The van der Waals surface area contributed by atoms with Crippen LogP contribution in [0.25, 0.3) is 16.9 Å². The number of hydrogen-bond donors (Lipinski definition) is 2. The van der Waals surface area contributed by atoms with Crippen molar-refractivity contribution in [3.05, 3.63) is 46.0 Å². The number of anilines is 1. The fourth-order valence-electron chi connectivity index (χ4n) is 3.19. The van der Waals surface area contributed by atoms with Gasteiger partial charge in [0.2, 0.25) is 0 Å². The van der Waals surface area contributed by atoms with Crippen molar-refractivity contribution < 1.29 is 0 Å². The summed E-state index contributed by atoms with van der Waals surface area (Å²) in [6.07, 6.45) is 5.51. The summed E-state index contributed by atoms with van der Waals surface area (Å²) in [7, 11) is 0. The van der Waals surface area contributed by atoms with E-state index in [0.29, 0.717) is 11.1 Å². The summed E-state index contributed by atoms with van der Waals surface area (Å²) >= 11 is 9.91. The van der Waals surface area contributed by atoms with Gasteiger partial charge in [-0.15, -0.1) is 0 Å². The first-order chi connectivity index (χ1) is 12.2. The summed E-state index contributed by atoms with van der Waals surface area (Å²) in [4.78, 5) is 4.73. The molecule has 0 bridgehead atoms. The molecule has 1 saturated heterocycles. The molecule has 7 heteroatoms. The topological polar surface area (TPSA) is 54.2 Å². The zero-order chi connectivity index (χ0) is 17.2. The molecule has 1 unspecified atom stereocenters. The highest BCUT2D eigenvalue weighted by atomic mass is 79.9. The SMILES string of the molecule is Clc1ccccc1-c1cc(NCC2CCCCN2)n2ncc(Br)c2n1. The Kier molecular flexibility index (Phi) is 4.92. The van der Waals surface area contributed by atoms with Crippen molar-refractivity contribution in [1.29, 1.82) is 0 Å². The maximum atomic E-state index is 6.37. The van der Waals surface area contributed by atoms with Gasteiger partial charge >= 0.3 is 0 Å². The maximum absolute atomic E-state index is 6.37. The second-order valence-corrected chi connectivity index (χ2v) is 7.52. The van der Waals surface area contributed by atoms with Gasteiger partial charge in [-0.05, 0) is 41.4 Å². The Hall–Kier alpha value is -1.63. The lowest BCUT2D eigenvalue weighted by atomic mass is 10.1. The van der Waals surface area contributed by atoms with Gasteiger partial charge in [-0.2, -0.15) is 9.61 Å². The summed E-state index contributed by atoms with van der Waals surface area (Å²) in [5, 5.41) is 12.2. The Morgan fingerprint density at radius 1 is 1.32 bits per heavy atom. The molecule has 2 aromatic heterocycles. The van der Waals surface area contributed by atoms with Crippen LogP contribution in [0.3, 0.4) is 0 Å². The first kappa shape index (κ1) is 16.8. The fourth-order valence-corrected chi connectivity index (χ4v) is 3.78. The van der Waals surface area contributed by atoms with E-state index in [4.69, 9.17) is 16.6 Å². The molecular weight excluding hydrogens is 402 g/mol. The van der Waals surface area contributed by atoms with E-state index in [1.807, 2.05) is 34.8 Å².